The minimum atomic E-state index is 0.139. The molecule has 2 aromatic rings. The molecule has 2 aromatic heterocycles. The van der Waals surface area contributed by atoms with E-state index in [1.165, 1.54) is 24.6 Å². The Labute approximate surface area is 146 Å². The molecule has 1 fully saturated rings. The highest BCUT2D eigenvalue weighted by Gasteiger charge is 2.28. The number of carbonyl (C=O) groups is 1. The number of ketones is 1. The van der Waals surface area contributed by atoms with Gasteiger partial charge in [0.15, 0.2) is 10.9 Å². The lowest BCUT2D eigenvalue weighted by atomic mass is 10.2. The van der Waals surface area contributed by atoms with Gasteiger partial charge in [0.1, 0.15) is 5.82 Å². The summed E-state index contributed by atoms with van der Waals surface area (Å²) < 4.78 is 9.45. The van der Waals surface area contributed by atoms with Crippen molar-refractivity contribution in [1.29, 1.82) is 0 Å². The molecule has 3 rings (SSSR count). The first-order valence-corrected chi connectivity index (χ1v) is 9.24. The Morgan fingerprint density at radius 3 is 2.75 bits per heavy atom. The molecule has 1 saturated carbocycles. The summed E-state index contributed by atoms with van der Waals surface area (Å²) in [5.41, 5.74) is 2.90. The minimum Gasteiger partial charge on any atom is -0.383 e. The average Bonchev–Trinajstić information content (AvgIpc) is 3.26. The highest BCUT2D eigenvalue weighted by molar-refractivity contribution is 7.99. The molecular weight excluding hydrogens is 324 g/mol. The fraction of sp³-hybridized carbons (Fsp3) is 0.588. The lowest BCUT2D eigenvalue weighted by Gasteiger charge is -2.09. The molecule has 1 aliphatic rings. The quantitative estimate of drug-likeness (QED) is 0.542. The third-order valence-corrected chi connectivity index (χ3v) is 5.42. The molecule has 0 atom stereocenters. The molecule has 0 radical (unpaired) electrons. The normalized spacial score (nSPS) is 14.3. The number of ether oxygens (including phenoxy) is 1. The van der Waals surface area contributed by atoms with Crippen LogP contribution in [-0.2, 0) is 11.3 Å². The molecule has 0 N–H and O–H groups in total. The van der Waals surface area contributed by atoms with E-state index in [1.54, 1.807) is 7.11 Å². The molecule has 1 aliphatic carbocycles. The van der Waals surface area contributed by atoms with E-state index in [9.17, 15) is 4.79 Å². The van der Waals surface area contributed by atoms with Crippen molar-refractivity contribution >= 4 is 17.5 Å². The summed E-state index contributed by atoms with van der Waals surface area (Å²) in [6, 6.07) is 2.50. The highest BCUT2D eigenvalue weighted by Crippen LogP contribution is 2.38. The third kappa shape index (κ3) is 3.42. The predicted octanol–water partition coefficient (Wildman–Crippen LogP) is 2.96. The van der Waals surface area contributed by atoms with Gasteiger partial charge in [-0.1, -0.05) is 11.8 Å². The zero-order valence-corrected chi connectivity index (χ0v) is 15.5. The number of hydrogen-bond donors (Lipinski definition) is 0. The van der Waals surface area contributed by atoms with E-state index in [1.807, 2.05) is 26.8 Å². The maximum Gasteiger partial charge on any atom is 0.191 e. The first-order chi connectivity index (χ1) is 11.5. The Bertz CT molecular complexity index is 746. The molecule has 0 bridgehead atoms. The summed E-state index contributed by atoms with van der Waals surface area (Å²) in [7, 11) is 1.69. The Hall–Kier alpha value is -1.60. The summed E-state index contributed by atoms with van der Waals surface area (Å²) in [5, 5.41) is 9.25. The minimum absolute atomic E-state index is 0.139. The maximum atomic E-state index is 12.7. The molecule has 0 saturated heterocycles. The van der Waals surface area contributed by atoms with E-state index in [4.69, 9.17) is 4.74 Å². The van der Waals surface area contributed by atoms with E-state index >= 15 is 0 Å². The second kappa shape index (κ2) is 7.11. The van der Waals surface area contributed by atoms with Crippen LogP contribution in [0.25, 0.3) is 0 Å². The number of aryl methyl sites for hydroxylation is 2. The Kier molecular flexibility index (Phi) is 5.10. The fourth-order valence-electron chi connectivity index (χ4n) is 3.02. The van der Waals surface area contributed by atoms with Gasteiger partial charge in [0, 0.05) is 36.6 Å². The van der Waals surface area contributed by atoms with Crippen molar-refractivity contribution in [3.05, 3.63) is 28.8 Å². The van der Waals surface area contributed by atoms with E-state index in [0.29, 0.717) is 18.4 Å². The number of methoxy groups -OCH3 is 1. The molecule has 0 aromatic carbocycles. The largest absolute Gasteiger partial charge is 0.383 e. The molecule has 24 heavy (non-hydrogen) atoms. The van der Waals surface area contributed by atoms with E-state index in [-0.39, 0.29) is 5.78 Å². The zero-order valence-electron chi connectivity index (χ0n) is 14.7. The van der Waals surface area contributed by atoms with Crippen molar-refractivity contribution in [2.75, 3.05) is 19.5 Å². The van der Waals surface area contributed by atoms with Crippen molar-refractivity contribution in [2.24, 2.45) is 0 Å². The number of hydrogen-bond acceptors (Lipinski definition) is 5. The lowest BCUT2D eigenvalue weighted by molar-refractivity contribution is 0.102. The monoisotopic (exact) mass is 348 g/mol. The van der Waals surface area contributed by atoms with Crippen LogP contribution in [-0.4, -0.2) is 44.6 Å². The topological polar surface area (TPSA) is 61.9 Å². The van der Waals surface area contributed by atoms with Gasteiger partial charge in [0.05, 0.1) is 12.4 Å². The van der Waals surface area contributed by atoms with Crippen LogP contribution in [0.1, 0.15) is 46.5 Å². The van der Waals surface area contributed by atoms with Crippen LogP contribution in [0.4, 0.5) is 0 Å². The molecule has 130 valence electrons. The van der Waals surface area contributed by atoms with Gasteiger partial charge < -0.3 is 13.9 Å². The van der Waals surface area contributed by atoms with Crippen molar-refractivity contribution in [3.8, 4) is 0 Å². The molecule has 0 aliphatic heterocycles. The number of thioether (sulfide) groups is 1. The van der Waals surface area contributed by atoms with Gasteiger partial charge in [-0.2, -0.15) is 0 Å². The van der Waals surface area contributed by atoms with E-state index in [2.05, 4.69) is 19.3 Å². The first-order valence-electron chi connectivity index (χ1n) is 8.26. The molecule has 0 spiro atoms. The average molecular weight is 348 g/mol. The molecule has 2 heterocycles. The summed E-state index contributed by atoms with van der Waals surface area (Å²) >= 11 is 1.49. The van der Waals surface area contributed by atoms with Crippen molar-refractivity contribution < 1.29 is 9.53 Å². The van der Waals surface area contributed by atoms with Crippen LogP contribution < -0.4 is 0 Å². The Morgan fingerprint density at radius 1 is 1.33 bits per heavy atom. The van der Waals surface area contributed by atoms with Crippen molar-refractivity contribution in [3.63, 3.8) is 0 Å². The smallest absolute Gasteiger partial charge is 0.191 e. The number of aromatic nitrogens is 4. The number of carbonyl (C=O) groups excluding carboxylic acids is 1. The van der Waals surface area contributed by atoms with Gasteiger partial charge >= 0.3 is 0 Å². The zero-order chi connectivity index (χ0) is 17.3. The first kappa shape index (κ1) is 17.2. The highest BCUT2D eigenvalue weighted by atomic mass is 32.2. The lowest BCUT2D eigenvalue weighted by Crippen LogP contribution is -2.10. The fourth-order valence-corrected chi connectivity index (χ4v) is 3.95. The van der Waals surface area contributed by atoms with E-state index in [0.717, 1.165) is 34.5 Å². The Morgan fingerprint density at radius 2 is 2.08 bits per heavy atom. The van der Waals surface area contributed by atoms with Gasteiger partial charge in [-0.05, 0) is 39.7 Å². The molecule has 7 heteroatoms. The SMILES string of the molecule is COCCn1c(C)cc(C(=O)CSc2nnc(C)n2C2CC2)c1C. The van der Waals surface area contributed by atoms with Crippen molar-refractivity contribution in [1.82, 2.24) is 19.3 Å². The van der Waals surface area contributed by atoms with Crippen LogP contribution in [0, 0.1) is 20.8 Å². The van der Waals surface area contributed by atoms with Gasteiger partial charge in [-0.15, -0.1) is 10.2 Å². The standard InChI is InChI=1S/C17H24N4O2S/c1-11-9-15(12(2)20(11)7-8-23-4)16(22)10-24-17-19-18-13(3)21(17)14-5-6-14/h9,14H,5-8,10H2,1-4H3. The maximum absolute atomic E-state index is 12.7. The van der Waals surface area contributed by atoms with Crippen LogP contribution in [0.3, 0.4) is 0 Å². The molecular formula is C17H24N4O2S. The van der Waals surface area contributed by atoms with Gasteiger partial charge in [0.2, 0.25) is 0 Å². The van der Waals surface area contributed by atoms with Crippen LogP contribution in [0.2, 0.25) is 0 Å². The van der Waals surface area contributed by atoms with Gasteiger partial charge in [0.25, 0.3) is 0 Å². The van der Waals surface area contributed by atoms with Crippen molar-refractivity contribution in [2.45, 2.75) is 51.4 Å². The summed E-state index contributed by atoms with van der Waals surface area (Å²) in [6.45, 7) is 7.41. The third-order valence-electron chi connectivity index (χ3n) is 4.47. The van der Waals surface area contributed by atoms with Crippen LogP contribution in [0.5, 0.6) is 0 Å². The number of rotatable bonds is 8. The van der Waals surface area contributed by atoms with Gasteiger partial charge in [-0.25, -0.2) is 0 Å². The summed E-state index contributed by atoms with van der Waals surface area (Å²) in [5.74, 6) is 1.46. The number of Topliss-reactive ketones (excluding diaryl/α,β-unsaturated/α-hetero) is 1. The second-order valence-electron chi connectivity index (χ2n) is 6.27. The molecule has 0 amide bonds. The molecule has 0 unspecified atom stereocenters. The van der Waals surface area contributed by atoms with Gasteiger partial charge in [-0.3, -0.25) is 4.79 Å². The number of nitrogens with zero attached hydrogens (tertiary/aromatic N) is 4. The Balaban J connectivity index is 1.69. The second-order valence-corrected chi connectivity index (χ2v) is 7.21. The summed E-state index contributed by atoms with van der Waals surface area (Å²) in [6.07, 6.45) is 2.36. The summed E-state index contributed by atoms with van der Waals surface area (Å²) in [4.78, 5) is 12.7. The predicted molar refractivity (Wildman–Crippen MR) is 93.9 cm³/mol. The van der Waals surface area contributed by atoms with Crippen LogP contribution in [0.15, 0.2) is 11.2 Å². The van der Waals surface area contributed by atoms with Crippen LogP contribution >= 0.6 is 11.8 Å². The van der Waals surface area contributed by atoms with E-state index < -0.39 is 0 Å². The molecule has 6 nitrogen and oxygen atoms in total.